The second-order valence-corrected chi connectivity index (χ2v) is 10.6. The Morgan fingerprint density at radius 3 is 2.33 bits per heavy atom. The zero-order valence-corrected chi connectivity index (χ0v) is 21.2. The molecule has 0 radical (unpaired) electrons. The molecule has 0 spiro atoms. The molecule has 5 N–H and O–H groups in total. The van der Waals surface area contributed by atoms with Crippen molar-refractivity contribution in [2.45, 2.75) is 44.6 Å². The molecular formula is C27H30N6O2S. The fourth-order valence-corrected chi connectivity index (χ4v) is 5.71. The molecule has 4 aromatic heterocycles. The summed E-state index contributed by atoms with van der Waals surface area (Å²) in [6, 6.07) is 16.7. The molecule has 2 atom stereocenters. The summed E-state index contributed by atoms with van der Waals surface area (Å²) in [6.07, 6.45) is 6.35. The van der Waals surface area contributed by atoms with E-state index in [9.17, 15) is 8.42 Å². The highest BCUT2D eigenvalue weighted by atomic mass is 32.2. The molecule has 1 saturated heterocycles. The summed E-state index contributed by atoms with van der Waals surface area (Å²) >= 11 is 0. The highest BCUT2D eigenvalue weighted by Crippen LogP contribution is 2.29. The molecular weight excluding hydrogens is 472 g/mol. The van der Waals surface area contributed by atoms with Crippen LogP contribution in [0, 0.1) is 17.6 Å². The van der Waals surface area contributed by atoms with Crippen LogP contribution in [0.1, 0.15) is 37.2 Å². The molecule has 36 heavy (non-hydrogen) atoms. The van der Waals surface area contributed by atoms with Crippen LogP contribution >= 0.6 is 0 Å². The van der Waals surface area contributed by atoms with Crippen LogP contribution in [0.15, 0.2) is 60.7 Å². The van der Waals surface area contributed by atoms with Gasteiger partial charge in [-0.25, -0.2) is 8.42 Å². The molecule has 186 valence electrons. The molecule has 0 aliphatic carbocycles. The van der Waals surface area contributed by atoms with Gasteiger partial charge in [-0.1, -0.05) is 6.08 Å². The van der Waals surface area contributed by atoms with Crippen LogP contribution in [0.3, 0.4) is 0 Å². The summed E-state index contributed by atoms with van der Waals surface area (Å²) in [4.78, 5) is 10.4. The maximum atomic E-state index is 11.7. The normalized spacial score (nSPS) is 23.4. The van der Waals surface area contributed by atoms with Crippen molar-refractivity contribution in [3.63, 3.8) is 0 Å². The van der Waals surface area contributed by atoms with E-state index in [1.54, 1.807) is 0 Å². The van der Waals surface area contributed by atoms with Crippen molar-refractivity contribution >= 4 is 22.1 Å². The van der Waals surface area contributed by atoms with Gasteiger partial charge < -0.3 is 30.2 Å². The molecule has 0 amide bonds. The maximum absolute atomic E-state index is 11.7. The third-order valence-corrected chi connectivity index (χ3v) is 7.50. The molecule has 2 aliphatic heterocycles. The number of aromatic nitrogens is 4. The first-order valence-corrected chi connectivity index (χ1v) is 13.6. The summed E-state index contributed by atoms with van der Waals surface area (Å²) in [7, 11) is -2.59. The van der Waals surface area contributed by atoms with Crippen LogP contribution in [0.4, 0.5) is 0 Å². The average Bonchev–Trinajstić information content (AvgIpc) is 3.65. The van der Waals surface area contributed by atoms with E-state index < -0.39 is 10.7 Å². The SMILES string of the molecule is Cc1ccc(-c2ccc(C3C=C/C(=c4/cc/c(=c5/cc/c(=C6/CCC(C)N6)[nH]5)[nH]4)N3)n2C[SH](=O)=O)[nH]1. The van der Waals surface area contributed by atoms with E-state index in [0.29, 0.717) is 6.04 Å². The molecule has 0 aromatic carbocycles. The van der Waals surface area contributed by atoms with Crippen molar-refractivity contribution < 1.29 is 8.42 Å². The Kier molecular flexibility index (Phi) is 5.64. The zero-order valence-electron chi connectivity index (χ0n) is 20.3. The number of aromatic amines is 3. The molecule has 0 bridgehead atoms. The van der Waals surface area contributed by atoms with E-state index in [1.807, 2.05) is 41.8 Å². The fraction of sp³-hybridized carbons (Fsp3) is 0.259. The van der Waals surface area contributed by atoms with Crippen molar-refractivity contribution in [3.05, 3.63) is 93.5 Å². The third kappa shape index (κ3) is 4.19. The van der Waals surface area contributed by atoms with Crippen LogP contribution in [-0.4, -0.2) is 34.0 Å². The molecule has 4 aromatic rings. The van der Waals surface area contributed by atoms with E-state index in [-0.39, 0.29) is 11.9 Å². The molecule has 1 fully saturated rings. The highest BCUT2D eigenvalue weighted by molar-refractivity contribution is 7.71. The van der Waals surface area contributed by atoms with Crippen molar-refractivity contribution in [1.29, 1.82) is 0 Å². The lowest BCUT2D eigenvalue weighted by Gasteiger charge is -2.15. The second kappa shape index (κ2) is 8.98. The molecule has 2 aliphatic rings. The molecule has 6 rings (SSSR count). The first kappa shape index (κ1) is 22.6. The Balaban J connectivity index is 1.34. The minimum Gasteiger partial charge on any atom is -0.384 e. The van der Waals surface area contributed by atoms with Crippen LogP contribution < -0.4 is 21.3 Å². The van der Waals surface area contributed by atoms with Gasteiger partial charge in [0.1, 0.15) is 5.88 Å². The van der Waals surface area contributed by atoms with E-state index >= 15 is 0 Å². The number of hydrogen-bond donors (Lipinski definition) is 6. The van der Waals surface area contributed by atoms with Gasteiger partial charge in [0, 0.05) is 23.1 Å². The largest absolute Gasteiger partial charge is 0.384 e. The molecule has 0 saturated carbocycles. The lowest BCUT2D eigenvalue weighted by atomic mass is 10.2. The van der Waals surface area contributed by atoms with Crippen LogP contribution in [0.25, 0.3) is 22.8 Å². The van der Waals surface area contributed by atoms with Gasteiger partial charge >= 0.3 is 0 Å². The van der Waals surface area contributed by atoms with E-state index in [1.165, 1.54) is 5.70 Å². The summed E-state index contributed by atoms with van der Waals surface area (Å²) < 4.78 is 25.3. The zero-order chi connectivity index (χ0) is 24.8. The predicted molar refractivity (Wildman–Crippen MR) is 141 cm³/mol. The standard InChI is InChI=1S/C27H30N6O2S/c1-16-3-5-18(28-16)19-7-8-20(30-19)21-9-10-22(31-21)23-11-12-25(32-23)27-14-13-26(33(27)15-36(34)35)24-6-4-17(2)29-24/h4,6-14,16,25,28-32,36H,3,5,15H2,1-2H3/b19-18+,21-20+,23-22+. The lowest BCUT2D eigenvalue weighted by Crippen LogP contribution is -2.21. The Morgan fingerprint density at radius 1 is 0.889 bits per heavy atom. The number of nitrogens with zero attached hydrogens (tertiary/aromatic N) is 1. The third-order valence-electron chi connectivity index (χ3n) is 6.99. The first-order chi connectivity index (χ1) is 17.4. The Bertz CT molecular complexity index is 1760. The number of aryl methyl sites for hydroxylation is 1. The number of H-pyrrole nitrogens is 3. The predicted octanol–water partition coefficient (Wildman–Crippen LogP) is 2.19. The number of nitrogens with one attached hydrogen (secondary N) is 5. The molecule has 8 nitrogen and oxygen atoms in total. The fourth-order valence-electron chi connectivity index (χ4n) is 5.17. The van der Waals surface area contributed by atoms with Gasteiger partial charge in [-0.2, -0.15) is 0 Å². The lowest BCUT2D eigenvalue weighted by molar-refractivity contribution is 0.598. The monoisotopic (exact) mass is 502 g/mol. The molecule has 6 heterocycles. The summed E-state index contributed by atoms with van der Waals surface area (Å²) in [6.45, 7) is 4.19. The maximum Gasteiger partial charge on any atom is 0.158 e. The van der Waals surface area contributed by atoms with Gasteiger partial charge in [0.2, 0.25) is 0 Å². The summed E-state index contributed by atoms with van der Waals surface area (Å²) in [5, 5.41) is 11.3. The second-order valence-electron chi connectivity index (χ2n) is 9.63. The van der Waals surface area contributed by atoms with Gasteiger partial charge in [-0.3, -0.25) is 0 Å². The average molecular weight is 503 g/mol. The first-order valence-electron chi connectivity index (χ1n) is 12.2. The Labute approximate surface area is 210 Å². The summed E-state index contributed by atoms with van der Waals surface area (Å²) in [5.74, 6) is -0.0686. The minimum atomic E-state index is -2.59. The van der Waals surface area contributed by atoms with Crippen molar-refractivity contribution in [3.8, 4) is 11.4 Å². The van der Waals surface area contributed by atoms with Crippen molar-refractivity contribution in [2.75, 3.05) is 0 Å². The molecule has 2 unspecified atom stereocenters. The van der Waals surface area contributed by atoms with Gasteiger partial charge in [-0.05, 0) is 81.3 Å². The van der Waals surface area contributed by atoms with Crippen LogP contribution in [0.5, 0.6) is 0 Å². The van der Waals surface area contributed by atoms with Gasteiger partial charge in [0.25, 0.3) is 0 Å². The molecule has 9 heteroatoms. The number of hydrogen-bond acceptors (Lipinski definition) is 4. The van der Waals surface area contributed by atoms with E-state index in [2.05, 4.69) is 62.9 Å². The van der Waals surface area contributed by atoms with E-state index in [0.717, 1.165) is 62.7 Å². The topological polar surface area (TPSA) is 110 Å². The van der Waals surface area contributed by atoms with Crippen molar-refractivity contribution in [1.82, 2.24) is 30.2 Å². The smallest absolute Gasteiger partial charge is 0.158 e. The number of rotatable bonds is 4. The Morgan fingerprint density at radius 2 is 1.64 bits per heavy atom. The van der Waals surface area contributed by atoms with Gasteiger partial charge in [-0.15, -0.1) is 0 Å². The van der Waals surface area contributed by atoms with E-state index in [4.69, 9.17) is 0 Å². The number of thiol groups is 1. The highest BCUT2D eigenvalue weighted by Gasteiger charge is 2.21. The van der Waals surface area contributed by atoms with Crippen LogP contribution in [-0.2, 0) is 16.6 Å². The van der Waals surface area contributed by atoms with Crippen LogP contribution in [0.2, 0.25) is 0 Å². The van der Waals surface area contributed by atoms with Gasteiger partial charge in [0.05, 0.1) is 44.5 Å². The van der Waals surface area contributed by atoms with Crippen molar-refractivity contribution in [2.24, 2.45) is 0 Å². The Hall–Kier alpha value is -3.85. The summed E-state index contributed by atoms with van der Waals surface area (Å²) in [5.41, 5.74) is 5.93. The minimum absolute atomic E-state index is 0.0686. The van der Waals surface area contributed by atoms with Gasteiger partial charge in [0.15, 0.2) is 10.7 Å². The quantitative estimate of drug-likeness (QED) is 0.240.